The van der Waals surface area contributed by atoms with Gasteiger partial charge in [-0.05, 0) is 18.6 Å². The highest BCUT2D eigenvalue weighted by Gasteiger charge is 2.01. The van der Waals surface area contributed by atoms with E-state index in [1.54, 1.807) is 19.1 Å². The normalized spacial score (nSPS) is 9.64. The van der Waals surface area contributed by atoms with Crippen LogP contribution in [-0.2, 0) is 0 Å². The molecule has 1 aromatic rings. The number of hydrogen-bond acceptors (Lipinski definition) is 2. The molecule has 0 spiro atoms. The minimum absolute atomic E-state index is 0.0376. The van der Waals surface area contributed by atoms with E-state index in [1.165, 1.54) is 6.07 Å². The average molecular weight is 171 g/mol. The molecule has 2 nitrogen and oxygen atoms in total. The molecule has 1 aromatic carbocycles. The first-order valence-corrected chi connectivity index (χ1v) is 3.49. The lowest BCUT2D eigenvalue weighted by Crippen LogP contribution is -1.97. The molecule has 0 aliphatic carbocycles. The Balaban J connectivity index is 3.62. The van der Waals surface area contributed by atoms with Crippen LogP contribution in [0.2, 0.25) is 5.02 Å². The summed E-state index contributed by atoms with van der Waals surface area (Å²) in [6.07, 6.45) is 0. The fourth-order valence-electron chi connectivity index (χ4n) is 0.724. The van der Waals surface area contributed by atoms with Crippen molar-refractivity contribution in [3.63, 3.8) is 0 Å². The van der Waals surface area contributed by atoms with Gasteiger partial charge in [0, 0.05) is 0 Å². The van der Waals surface area contributed by atoms with Gasteiger partial charge < -0.3 is 5.11 Å². The van der Waals surface area contributed by atoms with E-state index in [1.807, 2.05) is 0 Å². The largest absolute Gasteiger partial charge is 0.504 e. The minimum Gasteiger partial charge on any atom is -0.504 e. The molecule has 1 N–H and O–H groups in total. The Hall–Kier alpha value is -1.02. The Bertz CT molecular complexity index is 333. The van der Waals surface area contributed by atoms with Gasteiger partial charge >= 0.3 is 0 Å². The van der Waals surface area contributed by atoms with Crippen LogP contribution in [0.1, 0.15) is 5.56 Å². The molecule has 1 rings (SSSR count). The molecule has 0 fully saturated rings. The Morgan fingerprint density at radius 3 is 2.73 bits per heavy atom. The number of rotatable bonds is 0. The van der Waals surface area contributed by atoms with Crippen molar-refractivity contribution < 1.29 is 5.11 Å². The number of halogens is 1. The summed E-state index contributed by atoms with van der Waals surface area (Å²) in [6, 6.07) is 4.71. The Morgan fingerprint density at radius 2 is 2.09 bits per heavy atom. The SMILES string of the molecule is Cc1cccc(Cl)c(=O)c1O. The topological polar surface area (TPSA) is 37.3 Å². The smallest absolute Gasteiger partial charge is 0.238 e. The van der Waals surface area contributed by atoms with Crippen molar-refractivity contribution >= 4 is 11.6 Å². The van der Waals surface area contributed by atoms with Gasteiger partial charge in [-0.1, -0.05) is 23.7 Å². The van der Waals surface area contributed by atoms with E-state index in [0.717, 1.165) is 0 Å². The molecule has 0 aliphatic heterocycles. The van der Waals surface area contributed by atoms with Crippen molar-refractivity contribution in [1.82, 2.24) is 0 Å². The molecule has 0 aliphatic rings. The average Bonchev–Trinajstić information content (AvgIpc) is 2.07. The van der Waals surface area contributed by atoms with Crippen molar-refractivity contribution in [2.75, 3.05) is 0 Å². The zero-order valence-corrected chi connectivity index (χ0v) is 6.72. The molecule has 0 bridgehead atoms. The quantitative estimate of drug-likeness (QED) is 0.644. The van der Waals surface area contributed by atoms with Crippen LogP contribution in [0.4, 0.5) is 0 Å². The van der Waals surface area contributed by atoms with Gasteiger partial charge in [0.05, 0.1) is 5.02 Å². The second-order valence-electron chi connectivity index (χ2n) is 2.23. The maximum absolute atomic E-state index is 11.0. The first kappa shape index (κ1) is 8.08. The van der Waals surface area contributed by atoms with Gasteiger partial charge in [0.25, 0.3) is 0 Å². The lowest BCUT2D eigenvalue weighted by atomic mass is 10.3. The van der Waals surface area contributed by atoms with E-state index in [4.69, 9.17) is 16.7 Å². The molecule has 11 heavy (non-hydrogen) atoms. The fraction of sp³-hybridized carbons (Fsp3) is 0.125. The van der Waals surface area contributed by atoms with Crippen LogP contribution in [0, 0.1) is 6.92 Å². The van der Waals surface area contributed by atoms with E-state index >= 15 is 0 Å². The molecule has 0 aromatic heterocycles. The fourth-order valence-corrected chi connectivity index (χ4v) is 0.886. The lowest BCUT2D eigenvalue weighted by molar-refractivity contribution is 0.467. The van der Waals surface area contributed by atoms with Crippen molar-refractivity contribution in [1.29, 1.82) is 0 Å². The summed E-state index contributed by atoms with van der Waals surface area (Å²) in [5.41, 5.74) is 0.0102. The van der Waals surface area contributed by atoms with Crippen LogP contribution in [0.5, 0.6) is 5.75 Å². The minimum atomic E-state index is -0.519. The van der Waals surface area contributed by atoms with Crippen molar-refractivity contribution in [2.45, 2.75) is 6.92 Å². The molecule has 3 heteroatoms. The second-order valence-corrected chi connectivity index (χ2v) is 2.64. The molecule has 58 valence electrons. The van der Waals surface area contributed by atoms with E-state index in [-0.39, 0.29) is 10.8 Å². The third-order valence-corrected chi connectivity index (χ3v) is 1.69. The summed E-state index contributed by atoms with van der Waals surface area (Å²) >= 11 is 5.50. The Labute approximate surface area is 69.1 Å². The Kier molecular flexibility index (Phi) is 2.15. The third-order valence-electron chi connectivity index (χ3n) is 1.39. The summed E-state index contributed by atoms with van der Waals surface area (Å²) in [4.78, 5) is 11.0. The monoisotopic (exact) mass is 170 g/mol. The number of aryl methyl sites for hydroxylation is 1. The number of aromatic hydroxyl groups is 1. The maximum Gasteiger partial charge on any atom is 0.238 e. The zero-order valence-electron chi connectivity index (χ0n) is 5.97. The summed E-state index contributed by atoms with van der Waals surface area (Å²) in [5, 5.41) is 9.19. The van der Waals surface area contributed by atoms with E-state index in [2.05, 4.69) is 0 Å². The molecule has 0 amide bonds. The van der Waals surface area contributed by atoms with Crippen LogP contribution < -0.4 is 5.43 Å². The highest BCUT2D eigenvalue weighted by atomic mass is 35.5. The van der Waals surface area contributed by atoms with E-state index < -0.39 is 5.43 Å². The molecule has 0 heterocycles. The molecular formula is C8H7ClO2. The van der Waals surface area contributed by atoms with Crippen LogP contribution in [0.25, 0.3) is 0 Å². The first-order valence-electron chi connectivity index (χ1n) is 3.11. The van der Waals surface area contributed by atoms with E-state index in [9.17, 15) is 4.79 Å². The molecule has 0 saturated carbocycles. The van der Waals surface area contributed by atoms with E-state index in [0.29, 0.717) is 5.56 Å². The molecule has 0 unspecified atom stereocenters. The van der Waals surface area contributed by atoms with Gasteiger partial charge in [0.1, 0.15) is 0 Å². The summed E-state index contributed by atoms with van der Waals surface area (Å²) in [6.45, 7) is 1.65. The van der Waals surface area contributed by atoms with Crippen molar-refractivity contribution in [2.24, 2.45) is 0 Å². The summed E-state index contributed by atoms with van der Waals surface area (Å²) in [5.74, 6) is -0.278. The Morgan fingerprint density at radius 1 is 1.45 bits per heavy atom. The summed E-state index contributed by atoms with van der Waals surface area (Å²) in [7, 11) is 0. The maximum atomic E-state index is 11.0. The van der Waals surface area contributed by atoms with Crippen LogP contribution >= 0.6 is 11.6 Å². The first-order chi connectivity index (χ1) is 5.13. The van der Waals surface area contributed by atoms with Crippen molar-refractivity contribution in [3.8, 4) is 5.75 Å². The predicted molar refractivity (Wildman–Crippen MR) is 44.1 cm³/mol. The third kappa shape index (κ3) is 1.52. The second kappa shape index (κ2) is 2.93. The number of hydrogen-bond donors (Lipinski definition) is 1. The molecular weight excluding hydrogens is 164 g/mol. The van der Waals surface area contributed by atoms with Gasteiger partial charge in [-0.3, -0.25) is 4.79 Å². The van der Waals surface area contributed by atoms with Gasteiger partial charge in [0.2, 0.25) is 5.43 Å². The van der Waals surface area contributed by atoms with Crippen LogP contribution in [0.15, 0.2) is 23.0 Å². The molecule has 0 atom stereocenters. The molecule has 0 saturated heterocycles. The summed E-state index contributed by atoms with van der Waals surface area (Å²) < 4.78 is 0. The highest BCUT2D eigenvalue weighted by molar-refractivity contribution is 6.30. The van der Waals surface area contributed by atoms with Crippen molar-refractivity contribution in [3.05, 3.63) is 39.0 Å². The van der Waals surface area contributed by atoms with Gasteiger partial charge in [-0.25, -0.2) is 0 Å². The van der Waals surface area contributed by atoms with Gasteiger partial charge in [-0.15, -0.1) is 0 Å². The predicted octanol–water partition coefficient (Wildman–Crippen LogP) is 1.71. The van der Waals surface area contributed by atoms with Crippen LogP contribution in [-0.4, -0.2) is 5.11 Å². The standard InChI is InChI=1S/C8H7ClO2/c1-5-3-2-4-6(9)8(11)7(5)10/h2-4H,1H3,(H,10,11). The molecule has 0 radical (unpaired) electrons. The lowest BCUT2D eigenvalue weighted by Gasteiger charge is -1.87. The zero-order chi connectivity index (χ0) is 8.43. The highest BCUT2D eigenvalue weighted by Crippen LogP contribution is 2.11. The van der Waals surface area contributed by atoms with Crippen LogP contribution in [0.3, 0.4) is 0 Å². The van der Waals surface area contributed by atoms with Gasteiger partial charge in [0.15, 0.2) is 5.75 Å². The van der Waals surface area contributed by atoms with Gasteiger partial charge in [-0.2, -0.15) is 0 Å².